The zero-order chi connectivity index (χ0) is 16.9. The molecule has 1 fully saturated rings. The maximum absolute atomic E-state index is 12.0. The standard InChI is InChI=1S/C15H19N7OS/c16-13-19-14(17)21-15(20-13)24-9-12(23)18-10-3-5-11(6-4-10)22-7-1-2-8-22/h3-6H,1-2,7-9H2,(H,18,23)(H4,16,17,19,20,21). The third-order valence-corrected chi connectivity index (χ3v) is 4.45. The molecule has 0 saturated carbocycles. The quantitative estimate of drug-likeness (QED) is 0.694. The Morgan fingerprint density at radius 3 is 2.33 bits per heavy atom. The van der Waals surface area contributed by atoms with Crippen LogP contribution in [0.2, 0.25) is 0 Å². The Kier molecular flexibility index (Phi) is 4.99. The summed E-state index contributed by atoms with van der Waals surface area (Å²) in [6, 6.07) is 7.88. The molecule has 1 saturated heterocycles. The molecule has 9 heteroatoms. The molecule has 0 bridgehead atoms. The summed E-state index contributed by atoms with van der Waals surface area (Å²) in [6.07, 6.45) is 2.48. The summed E-state index contributed by atoms with van der Waals surface area (Å²) in [5, 5.41) is 3.18. The van der Waals surface area contributed by atoms with E-state index in [4.69, 9.17) is 11.5 Å². The monoisotopic (exact) mass is 345 g/mol. The van der Waals surface area contributed by atoms with Crippen LogP contribution in [0.4, 0.5) is 23.3 Å². The Morgan fingerprint density at radius 2 is 1.71 bits per heavy atom. The van der Waals surface area contributed by atoms with Crippen LogP contribution >= 0.6 is 11.8 Å². The third kappa shape index (κ3) is 4.25. The minimum atomic E-state index is -0.147. The normalized spacial score (nSPS) is 13.9. The molecule has 0 atom stereocenters. The first-order chi connectivity index (χ1) is 11.6. The van der Waals surface area contributed by atoms with Crippen molar-refractivity contribution in [2.45, 2.75) is 18.0 Å². The molecule has 5 N–H and O–H groups in total. The zero-order valence-electron chi connectivity index (χ0n) is 13.1. The number of aromatic nitrogens is 3. The molecule has 24 heavy (non-hydrogen) atoms. The summed E-state index contributed by atoms with van der Waals surface area (Å²) in [6.45, 7) is 2.20. The van der Waals surface area contributed by atoms with Crippen LogP contribution in [-0.4, -0.2) is 39.7 Å². The number of hydrogen-bond acceptors (Lipinski definition) is 8. The van der Waals surface area contributed by atoms with Gasteiger partial charge in [0.15, 0.2) is 5.16 Å². The number of nitrogen functional groups attached to an aromatic ring is 2. The van der Waals surface area contributed by atoms with Gasteiger partial charge < -0.3 is 21.7 Å². The van der Waals surface area contributed by atoms with Gasteiger partial charge in [-0.15, -0.1) is 0 Å². The van der Waals surface area contributed by atoms with Crippen molar-refractivity contribution in [3.8, 4) is 0 Å². The van der Waals surface area contributed by atoms with E-state index in [2.05, 4.69) is 25.2 Å². The SMILES string of the molecule is Nc1nc(N)nc(SCC(=O)Nc2ccc(N3CCCC3)cc2)n1. The largest absolute Gasteiger partial charge is 0.372 e. The molecule has 2 heterocycles. The van der Waals surface area contributed by atoms with Gasteiger partial charge in [-0.1, -0.05) is 11.8 Å². The molecule has 1 amide bonds. The van der Waals surface area contributed by atoms with Gasteiger partial charge in [-0.3, -0.25) is 4.79 Å². The highest BCUT2D eigenvalue weighted by atomic mass is 32.2. The predicted molar refractivity (Wildman–Crippen MR) is 95.9 cm³/mol. The van der Waals surface area contributed by atoms with Crippen LogP contribution in [0.25, 0.3) is 0 Å². The molecule has 1 aromatic heterocycles. The topological polar surface area (TPSA) is 123 Å². The van der Waals surface area contributed by atoms with Crippen LogP contribution in [0, 0.1) is 0 Å². The van der Waals surface area contributed by atoms with E-state index in [1.165, 1.54) is 18.5 Å². The van der Waals surface area contributed by atoms with Crippen molar-refractivity contribution >= 4 is 40.9 Å². The van der Waals surface area contributed by atoms with E-state index >= 15 is 0 Å². The van der Waals surface area contributed by atoms with Gasteiger partial charge in [0.1, 0.15) is 0 Å². The van der Waals surface area contributed by atoms with Crippen molar-refractivity contribution in [1.29, 1.82) is 0 Å². The van der Waals surface area contributed by atoms with Gasteiger partial charge >= 0.3 is 0 Å². The lowest BCUT2D eigenvalue weighted by Crippen LogP contribution is -2.18. The van der Waals surface area contributed by atoms with Crippen molar-refractivity contribution in [2.75, 3.05) is 40.5 Å². The zero-order valence-corrected chi connectivity index (χ0v) is 13.9. The number of nitrogens with zero attached hydrogens (tertiary/aromatic N) is 4. The number of nitrogens with one attached hydrogen (secondary N) is 1. The molecular weight excluding hydrogens is 326 g/mol. The van der Waals surface area contributed by atoms with Crippen molar-refractivity contribution in [2.24, 2.45) is 0 Å². The highest BCUT2D eigenvalue weighted by molar-refractivity contribution is 7.99. The maximum atomic E-state index is 12.0. The summed E-state index contributed by atoms with van der Waals surface area (Å²) >= 11 is 1.16. The van der Waals surface area contributed by atoms with E-state index in [1.54, 1.807) is 0 Å². The fourth-order valence-corrected chi connectivity index (χ4v) is 3.16. The lowest BCUT2D eigenvalue weighted by Gasteiger charge is -2.17. The molecule has 1 aromatic carbocycles. The molecule has 126 valence electrons. The van der Waals surface area contributed by atoms with Crippen LogP contribution < -0.4 is 21.7 Å². The molecule has 0 aliphatic carbocycles. The molecule has 8 nitrogen and oxygen atoms in total. The molecular formula is C15H19N7OS. The molecule has 3 rings (SSSR count). The highest BCUT2D eigenvalue weighted by Crippen LogP contribution is 2.22. The molecule has 0 radical (unpaired) electrons. The summed E-state index contributed by atoms with van der Waals surface area (Å²) in [7, 11) is 0. The molecule has 1 aliphatic heterocycles. The number of benzene rings is 1. The number of hydrogen-bond donors (Lipinski definition) is 3. The van der Waals surface area contributed by atoms with Gasteiger partial charge in [0.2, 0.25) is 17.8 Å². The maximum Gasteiger partial charge on any atom is 0.234 e. The van der Waals surface area contributed by atoms with Gasteiger partial charge in [0.25, 0.3) is 0 Å². The lowest BCUT2D eigenvalue weighted by molar-refractivity contribution is -0.113. The second-order valence-corrected chi connectivity index (χ2v) is 6.35. The highest BCUT2D eigenvalue weighted by Gasteiger charge is 2.12. The van der Waals surface area contributed by atoms with Crippen LogP contribution in [0.5, 0.6) is 0 Å². The summed E-state index contributed by atoms with van der Waals surface area (Å²) in [5.41, 5.74) is 12.9. The van der Waals surface area contributed by atoms with E-state index in [0.29, 0.717) is 5.16 Å². The van der Waals surface area contributed by atoms with Gasteiger partial charge in [-0.25, -0.2) is 0 Å². The fourth-order valence-electron chi connectivity index (χ4n) is 2.51. The predicted octanol–water partition coefficient (Wildman–Crippen LogP) is 1.37. The summed E-state index contributed by atoms with van der Waals surface area (Å²) < 4.78 is 0. The second-order valence-electron chi connectivity index (χ2n) is 5.41. The number of rotatable bonds is 5. The summed E-state index contributed by atoms with van der Waals surface area (Å²) in [5.74, 6) is 0.105. The van der Waals surface area contributed by atoms with Gasteiger partial charge in [0.05, 0.1) is 5.75 Å². The first kappa shape index (κ1) is 16.3. The number of nitrogens with two attached hydrogens (primary N) is 2. The smallest absolute Gasteiger partial charge is 0.234 e. The van der Waals surface area contributed by atoms with Crippen molar-refractivity contribution in [3.05, 3.63) is 24.3 Å². The second kappa shape index (κ2) is 7.35. The Morgan fingerprint density at radius 1 is 1.08 bits per heavy atom. The average molecular weight is 345 g/mol. The molecule has 0 unspecified atom stereocenters. The van der Waals surface area contributed by atoms with E-state index in [0.717, 1.165) is 30.5 Å². The Balaban J connectivity index is 1.52. The minimum absolute atomic E-state index is 0.0444. The van der Waals surface area contributed by atoms with Crippen molar-refractivity contribution < 1.29 is 4.79 Å². The Labute approximate surface area is 144 Å². The Bertz CT molecular complexity index is 696. The first-order valence-electron chi connectivity index (χ1n) is 7.65. The van der Waals surface area contributed by atoms with E-state index in [-0.39, 0.29) is 23.6 Å². The van der Waals surface area contributed by atoms with Crippen molar-refractivity contribution in [1.82, 2.24) is 15.0 Å². The van der Waals surface area contributed by atoms with Crippen LogP contribution in [0.15, 0.2) is 29.4 Å². The number of thioether (sulfide) groups is 1. The number of carbonyl (C=O) groups is 1. The molecule has 2 aromatic rings. The van der Waals surface area contributed by atoms with Gasteiger partial charge in [-0.2, -0.15) is 15.0 Å². The van der Waals surface area contributed by atoms with E-state index < -0.39 is 0 Å². The minimum Gasteiger partial charge on any atom is -0.372 e. The van der Waals surface area contributed by atoms with E-state index in [1.807, 2.05) is 24.3 Å². The molecule has 1 aliphatic rings. The Hall–Kier alpha value is -2.55. The van der Waals surface area contributed by atoms with Crippen molar-refractivity contribution in [3.63, 3.8) is 0 Å². The van der Waals surface area contributed by atoms with Gasteiger partial charge in [0, 0.05) is 24.5 Å². The van der Waals surface area contributed by atoms with Crippen LogP contribution in [-0.2, 0) is 4.79 Å². The third-order valence-electron chi connectivity index (χ3n) is 3.60. The van der Waals surface area contributed by atoms with Crippen LogP contribution in [0.1, 0.15) is 12.8 Å². The number of anilines is 4. The molecule has 0 spiro atoms. The number of carbonyl (C=O) groups excluding carboxylic acids is 1. The van der Waals surface area contributed by atoms with Crippen LogP contribution in [0.3, 0.4) is 0 Å². The summed E-state index contributed by atoms with van der Waals surface area (Å²) in [4.78, 5) is 25.9. The number of amides is 1. The average Bonchev–Trinajstić information content (AvgIpc) is 3.07. The fraction of sp³-hybridized carbons (Fsp3) is 0.333. The van der Waals surface area contributed by atoms with Gasteiger partial charge in [-0.05, 0) is 37.1 Å². The first-order valence-corrected chi connectivity index (χ1v) is 8.63. The lowest BCUT2D eigenvalue weighted by atomic mass is 10.2. The van der Waals surface area contributed by atoms with E-state index in [9.17, 15) is 4.79 Å².